The SMILES string of the molecule is CCOc1ccc2nc(N3C(=O)C(=O)/C(=C(/O)c4ccc(Cl)cc4)C3c3ccc(OCC)c(OCC)c3)sc2c1. The molecule has 0 aliphatic carbocycles. The molecule has 3 aromatic carbocycles. The summed E-state index contributed by atoms with van der Waals surface area (Å²) in [6, 6.07) is 16.1. The smallest absolute Gasteiger partial charge is 0.301 e. The van der Waals surface area contributed by atoms with Gasteiger partial charge in [-0.2, -0.15) is 0 Å². The van der Waals surface area contributed by atoms with Gasteiger partial charge in [-0.1, -0.05) is 29.0 Å². The van der Waals surface area contributed by atoms with Gasteiger partial charge in [0.2, 0.25) is 0 Å². The highest BCUT2D eigenvalue weighted by molar-refractivity contribution is 7.22. The predicted octanol–water partition coefficient (Wildman–Crippen LogP) is 6.77. The number of aliphatic hydroxyl groups excluding tert-OH is 1. The van der Waals surface area contributed by atoms with Crippen molar-refractivity contribution in [3.63, 3.8) is 0 Å². The molecule has 1 fully saturated rings. The minimum atomic E-state index is -0.975. The molecule has 0 bridgehead atoms. The molecule has 1 aliphatic rings. The van der Waals surface area contributed by atoms with E-state index in [4.69, 9.17) is 25.8 Å². The maximum atomic E-state index is 13.6. The number of hydrogen-bond acceptors (Lipinski definition) is 8. The third-order valence-electron chi connectivity index (χ3n) is 6.31. The van der Waals surface area contributed by atoms with Crippen LogP contribution in [0.1, 0.15) is 37.9 Å². The molecule has 1 aromatic heterocycles. The van der Waals surface area contributed by atoms with Crippen LogP contribution in [0, 0.1) is 0 Å². The lowest BCUT2D eigenvalue weighted by atomic mass is 9.95. The number of carbonyl (C=O) groups excluding carboxylic acids is 2. The second-order valence-corrected chi connectivity index (χ2v) is 10.3. The summed E-state index contributed by atoms with van der Waals surface area (Å²) >= 11 is 7.30. The van der Waals surface area contributed by atoms with Gasteiger partial charge in [-0.3, -0.25) is 14.5 Å². The lowest BCUT2D eigenvalue weighted by Crippen LogP contribution is -2.29. The topological polar surface area (TPSA) is 98.2 Å². The number of rotatable bonds is 9. The van der Waals surface area contributed by atoms with Crippen LogP contribution in [0.2, 0.25) is 5.02 Å². The van der Waals surface area contributed by atoms with Crippen molar-refractivity contribution in [2.75, 3.05) is 24.7 Å². The van der Waals surface area contributed by atoms with E-state index in [0.717, 1.165) is 4.70 Å². The van der Waals surface area contributed by atoms with Gasteiger partial charge in [0.1, 0.15) is 11.5 Å². The van der Waals surface area contributed by atoms with Crippen molar-refractivity contribution in [1.82, 2.24) is 4.98 Å². The summed E-state index contributed by atoms with van der Waals surface area (Å²) in [4.78, 5) is 33.2. The molecular formula is C30H27ClN2O6S. The number of Topliss-reactive ketones (excluding diaryl/α,β-unsaturated/α-hetero) is 1. The number of aliphatic hydroxyl groups is 1. The Balaban J connectivity index is 1.71. The molecule has 2 heterocycles. The van der Waals surface area contributed by atoms with Crippen molar-refractivity contribution in [1.29, 1.82) is 0 Å². The summed E-state index contributed by atoms with van der Waals surface area (Å²) in [5, 5.41) is 12.2. The number of halogens is 1. The van der Waals surface area contributed by atoms with Crippen molar-refractivity contribution in [3.8, 4) is 17.2 Å². The largest absolute Gasteiger partial charge is 0.507 e. The molecule has 1 atom stereocenters. The molecule has 1 unspecified atom stereocenters. The first kappa shape index (κ1) is 27.5. The Bertz CT molecular complexity index is 1610. The second-order valence-electron chi connectivity index (χ2n) is 8.81. The summed E-state index contributed by atoms with van der Waals surface area (Å²) in [7, 11) is 0. The molecule has 0 saturated carbocycles. The number of nitrogens with zero attached hydrogens (tertiary/aromatic N) is 2. The van der Waals surface area contributed by atoms with Gasteiger partial charge in [0.05, 0.1) is 41.7 Å². The van der Waals surface area contributed by atoms with Gasteiger partial charge in [-0.05, 0) is 80.9 Å². The van der Waals surface area contributed by atoms with Crippen LogP contribution in [0.5, 0.6) is 17.2 Å². The van der Waals surface area contributed by atoms with Gasteiger partial charge in [0.15, 0.2) is 16.6 Å². The lowest BCUT2D eigenvalue weighted by molar-refractivity contribution is -0.132. The second kappa shape index (κ2) is 11.6. The van der Waals surface area contributed by atoms with E-state index in [-0.39, 0.29) is 11.3 Å². The van der Waals surface area contributed by atoms with Crippen LogP contribution in [-0.4, -0.2) is 41.6 Å². The van der Waals surface area contributed by atoms with Crippen LogP contribution in [0.15, 0.2) is 66.2 Å². The highest BCUT2D eigenvalue weighted by Gasteiger charge is 2.48. The maximum absolute atomic E-state index is 13.6. The monoisotopic (exact) mass is 578 g/mol. The van der Waals surface area contributed by atoms with Crippen molar-refractivity contribution in [2.45, 2.75) is 26.8 Å². The lowest BCUT2D eigenvalue weighted by Gasteiger charge is -2.24. The normalized spacial score (nSPS) is 16.5. The minimum absolute atomic E-state index is 0.0619. The van der Waals surface area contributed by atoms with E-state index in [1.54, 1.807) is 42.5 Å². The van der Waals surface area contributed by atoms with Gasteiger partial charge in [0, 0.05) is 10.6 Å². The molecular weight excluding hydrogens is 552 g/mol. The van der Waals surface area contributed by atoms with E-state index in [0.29, 0.717) is 63.9 Å². The summed E-state index contributed by atoms with van der Waals surface area (Å²) in [6.45, 7) is 6.95. The Morgan fingerprint density at radius 1 is 0.925 bits per heavy atom. The average molecular weight is 579 g/mol. The number of benzene rings is 3. The van der Waals surface area contributed by atoms with E-state index in [9.17, 15) is 14.7 Å². The zero-order chi connectivity index (χ0) is 28.4. The Kier molecular flexibility index (Phi) is 7.95. The van der Waals surface area contributed by atoms with Gasteiger partial charge in [-0.25, -0.2) is 4.98 Å². The van der Waals surface area contributed by atoms with Gasteiger partial charge < -0.3 is 19.3 Å². The van der Waals surface area contributed by atoms with E-state index >= 15 is 0 Å². The van der Waals surface area contributed by atoms with Crippen LogP contribution >= 0.6 is 22.9 Å². The van der Waals surface area contributed by atoms with Crippen LogP contribution in [0.3, 0.4) is 0 Å². The number of ether oxygens (including phenoxy) is 3. The first-order valence-corrected chi connectivity index (χ1v) is 14.1. The number of aromatic nitrogens is 1. The predicted molar refractivity (Wildman–Crippen MR) is 156 cm³/mol. The van der Waals surface area contributed by atoms with Crippen LogP contribution in [0.25, 0.3) is 16.0 Å². The standard InChI is InChI=1S/C30H27ClN2O6S/c1-4-37-20-12-13-21-24(16-20)40-30(32-21)33-26(18-9-14-22(38-5-2)23(15-18)39-6-3)25(28(35)29(33)36)27(34)17-7-10-19(31)11-8-17/h7-16,26,34H,4-6H2,1-3H3/b27-25+. The molecule has 1 aliphatic heterocycles. The highest BCUT2D eigenvalue weighted by atomic mass is 35.5. The fraction of sp³-hybridized carbons (Fsp3) is 0.233. The first-order valence-electron chi connectivity index (χ1n) is 12.9. The molecule has 0 radical (unpaired) electrons. The quantitative estimate of drug-likeness (QED) is 0.133. The van der Waals surface area contributed by atoms with Crippen LogP contribution < -0.4 is 19.1 Å². The van der Waals surface area contributed by atoms with E-state index < -0.39 is 17.7 Å². The summed E-state index contributed by atoms with van der Waals surface area (Å²) in [5.74, 6) is -0.251. The Hall–Kier alpha value is -4.08. The molecule has 40 heavy (non-hydrogen) atoms. The summed E-state index contributed by atoms with van der Waals surface area (Å²) < 4.78 is 18.0. The van der Waals surface area contributed by atoms with Crippen molar-refractivity contribution in [2.24, 2.45) is 0 Å². The van der Waals surface area contributed by atoms with Crippen molar-refractivity contribution < 1.29 is 28.9 Å². The Morgan fingerprint density at radius 3 is 2.33 bits per heavy atom. The van der Waals surface area contributed by atoms with E-state index in [1.807, 2.05) is 39.0 Å². The molecule has 4 aromatic rings. The number of amides is 1. The molecule has 10 heteroatoms. The molecule has 1 N–H and O–H groups in total. The first-order chi connectivity index (χ1) is 19.4. The molecule has 206 valence electrons. The number of carbonyl (C=O) groups is 2. The molecule has 1 amide bonds. The number of anilines is 1. The van der Waals surface area contributed by atoms with Gasteiger partial charge in [-0.15, -0.1) is 0 Å². The summed E-state index contributed by atoms with van der Waals surface area (Å²) in [5.41, 5.74) is 1.50. The van der Waals surface area contributed by atoms with Crippen molar-refractivity contribution in [3.05, 3.63) is 82.4 Å². The molecule has 5 rings (SSSR count). The Labute approximate surface area is 240 Å². The van der Waals surface area contributed by atoms with E-state index in [1.165, 1.54) is 16.2 Å². The zero-order valence-corrected chi connectivity index (χ0v) is 23.7. The van der Waals surface area contributed by atoms with Gasteiger partial charge in [0.25, 0.3) is 5.78 Å². The molecule has 0 spiro atoms. The average Bonchev–Trinajstić information content (AvgIpc) is 3.48. The third-order valence-corrected chi connectivity index (χ3v) is 7.58. The zero-order valence-electron chi connectivity index (χ0n) is 22.1. The van der Waals surface area contributed by atoms with Crippen LogP contribution in [0.4, 0.5) is 5.13 Å². The number of ketones is 1. The molecule has 1 saturated heterocycles. The Morgan fingerprint density at radius 2 is 1.62 bits per heavy atom. The highest BCUT2D eigenvalue weighted by Crippen LogP contribution is 2.46. The maximum Gasteiger partial charge on any atom is 0.301 e. The number of fused-ring (bicyclic) bond motifs is 1. The number of thiazole rings is 1. The fourth-order valence-corrected chi connectivity index (χ4v) is 5.75. The van der Waals surface area contributed by atoms with Crippen molar-refractivity contribution >= 4 is 55.7 Å². The minimum Gasteiger partial charge on any atom is -0.507 e. The number of hydrogen-bond donors (Lipinski definition) is 1. The molecule has 8 nitrogen and oxygen atoms in total. The van der Waals surface area contributed by atoms with Gasteiger partial charge >= 0.3 is 5.91 Å². The van der Waals surface area contributed by atoms with Crippen LogP contribution in [-0.2, 0) is 9.59 Å². The fourth-order valence-electron chi connectivity index (χ4n) is 4.60. The third kappa shape index (κ3) is 5.10. The summed E-state index contributed by atoms with van der Waals surface area (Å²) in [6.07, 6.45) is 0. The van der Waals surface area contributed by atoms with E-state index in [2.05, 4.69) is 4.98 Å².